The minimum Gasteiger partial charge on any atom is -0.319 e. The third-order valence-corrected chi connectivity index (χ3v) is 3.99. The summed E-state index contributed by atoms with van der Waals surface area (Å²) in [6.07, 6.45) is 2.98. The summed E-state index contributed by atoms with van der Waals surface area (Å²) in [5.41, 5.74) is 2.40. The van der Waals surface area contributed by atoms with Crippen LogP contribution in [0.1, 0.15) is 38.6 Å². The van der Waals surface area contributed by atoms with E-state index in [1.807, 2.05) is 18.8 Å². The molecule has 1 aromatic rings. The summed E-state index contributed by atoms with van der Waals surface area (Å²) in [6.45, 7) is 7.60. The first kappa shape index (κ1) is 14.5. The van der Waals surface area contributed by atoms with Gasteiger partial charge in [0.05, 0.1) is 16.4 Å². The lowest BCUT2D eigenvalue weighted by Gasteiger charge is -2.28. The Hall–Kier alpha value is -0.540. The van der Waals surface area contributed by atoms with Crippen LogP contribution in [0.25, 0.3) is 0 Å². The Bertz CT molecular complexity index is 373. The third-order valence-electron chi connectivity index (χ3n) is 3.55. The molecule has 1 heterocycles. The van der Waals surface area contributed by atoms with E-state index in [4.69, 9.17) is 11.6 Å². The van der Waals surface area contributed by atoms with Crippen molar-refractivity contribution in [3.05, 3.63) is 16.4 Å². The fourth-order valence-corrected chi connectivity index (χ4v) is 2.52. The van der Waals surface area contributed by atoms with Gasteiger partial charge in [0.15, 0.2) is 0 Å². The fourth-order valence-electron chi connectivity index (χ4n) is 2.16. The number of hydrogen-bond donors (Lipinski definition) is 1. The van der Waals surface area contributed by atoms with Crippen LogP contribution in [0.15, 0.2) is 0 Å². The molecule has 0 aromatic carbocycles. The molecule has 1 aromatic heterocycles. The van der Waals surface area contributed by atoms with Crippen LogP contribution in [0, 0.1) is 5.41 Å². The van der Waals surface area contributed by atoms with E-state index in [2.05, 4.69) is 31.2 Å². The first-order chi connectivity index (χ1) is 7.97. The maximum atomic E-state index is 6.39. The normalized spacial score (nSPS) is 14.9. The number of nitrogens with zero attached hydrogens (tertiary/aromatic N) is 2. The van der Waals surface area contributed by atoms with Crippen LogP contribution in [0.5, 0.6) is 0 Å². The Balaban J connectivity index is 2.97. The largest absolute Gasteiger partial charge is 0.319 e. The molecular weight excluding hydrogens is 234 g/mol. The average molecular weight is 258 g/mol. The van der Waals surface area contributed by atoms with Gasteiger partial charge in [0.25, 0.3) is 0 Å². The maximum absolute atomic E-state index is 6.39. The van der Waals surface area contributed by atoms with Gasteiger partial charge in [0.2, 0.25) is 0 Å². The molecule has 0 saturated heterocycles. The molecule has 17 heavy (non-hydrogen) atoms. The molecule has 98 valence electrons. The van der Waals surface area contributed by atoms with Gasteiger partial charge < -0.3 is 5.32 Å². The van der Waals surface area contributed by atoms with E-state index in [1.54, 1.807) is 0 Å². The zero-order valence-electron chi connectivity index (χ0n) is 11.6. The van der Waals surface area contributed by atoms with Crippen molar-refractivity contribution in [2.45, 2.75) is 40.0 Å². The van der Waals surface area contributed by atoms with Crippen molar-refractivity contribution in [1.29, 1.82) is 0 Å². The molecule has 1 unspecified atom stereocenters. The lowest BCUT2D eigenvalue weighted by Crippen LogP contribution is -2.32. The lowest BCUT2D eigenvalue weighted by atomic mass is 9.82. The Labute approximate surface area is 110 Å². The van der Waals surface area contributed by atoms with Crippen LogP contribution >= 0.6 is 11.6 Å². The van der Waals surface area contributed by atoms with Gasteiger partial charge in [-0.05, 0) is 31.7 Å². The summed E-state index contributed by atoms with van der Waals surface area (Å²) in [4.78, 5) is 0. The number of halogens is 1. The number of aromatic nitrogens is 2. The smallest absolute Gasteiger partial charge is 0.0849 e. The van der Waals surface area contributed by atoms with Gasteiger partial charge in [0.1, 0.15) is 0 Å². The molecule has 0 aliphatic heterocycles. The molecule has 3 nitrogen and oxygen atoms in total. The van der Waals surface area contributed by atoms with E-state index < -0.39 is 0 Å². The molecule has 0 saturated carbocycles. The van der Waals surface area contributed by atoms with Crippen molar-refractivity contribution in [3.63, 3.8) is 0 Å². The first-order valence-electron chi connectivity index (χ1n) is 6.32. The van der Waals surface area contributed by atoms with Gasteiger partial charge in [-0.3, -0.25) is 4.68 Å². The Morgan fingerprint density at radius 1 is 1.41 bits per heavy atom. The van der Waals surface area contributed by atoms with E-state index in [0.717, 1.165) is 42.2 Å². The fraction of sp³-hybridized carbons (Fsp3) is 0.769. The van der Waals surface area contributed by atoms with Crippen molar-refractivity contribution in [2.24, 2.45) is 12.5 Å². The number of hydrogen-bond acceptors (Lipinski definition) is 2. The summed E-state index contributed by atoms with van der Waals surface area (Å²) < 4.78 is 1.94. The SMILES string of the molecule is CCc1nn(C)c(CC(C)(CC)CNC)c1Cl. The van der Waals surface area contributed by atoms with Gasteiger partial charge >= 0.3 is 0 Å². The standard InChI is InChI=1S/C13H24ClN3/c1-6-10-12(14)11(17(5)16-10)8-13(3,7-2)9-15-4/h15H,6-9H2,1-5H3. The van der Waals surface area contributed by atoms with Crippen molar-refractivity contribution in [2.75, 3.05) is 13.6 Å². The molecule has 0 bridgehead atoms. The van der Waals surface area contributed by atoms with Crippen LogP contribution in [-0.2, 0) is 19.9 Å². The van der Waals surface area contributed by atoms with Crippen molar-refractivity contribution in [1.82, 2.24) is 15.1 Å². The van der Waals surface area contributed by atoms with E-state index in [-0.39, 0.29) is 5.41 Å². The predicted molar refractivity (Wildman–Crippen MR) is 73.6 cm³/mol. The van der Waals surface area contributed by atoms with Gasteiger partial charge in [-0.2, -0.15) is 5.10 Å². The number of aryl methyl sites for hydroxylation is 2. The van der Waals surface area contributed by atoms with E-state index in [1.165, 1.54) is 0 Å². The average Bonchev–Trinajstić information content (AvgIpc) is 2.57. The Morgan fingerprint density at radius 3 is 2.47 bits per heavy atom. The highest BCUT2D eigenvalue weighted by Crippen LogP contribution is 2.30. The molecule has 0 radical (unpaired) electrons. The van der Waals surface area contributed by atoms with Gasteiger partial charge in [-0.15, -0.1) is 0 Å². The third kappa shape index (κ3) is 3.23. The zero-order chi connectivity index (χ0) is 13.1. The first-order valence-corrected chi connectivity index (χ1v) is 6.70. The quantitative estimate of drug-likeness (QED) is 0.849. The second-order valence-corrected chi connectivity index (χ2v) is 5.43. The van der Waals surface area contributed by atoms with Crippen LogP contribution in [-0.4, -0.2) is 23.4 Å². The highest BCUT2D eigenvalue weighted by molar-refractivity contribution is 6.31. The molecular formula is C13H24ClN3. The molecule has 0 aliphatic rings. The minimum atomic E-state index is 0.233. The Morgan fingerprint density at radius 2 is 2.06 bits per heavy atom. The molecule has 0 aliphatic carbocycles. The van der Waals surface area contributed by atoms with Gasteiger partial charge in [0, 0.05) is 13.6 Å². The molecule has 1 atom stereocenters. The second-order valence-electron chi connectivity index (χ2n) is 5.06. The number of nitrogens with one attached hydrogen (secondary N) is 1. The Kier molecular flexibility index (Phi) is 5.02. The monoisotopic (exact) mass is 257 g/mol. The molecule has 4 heteroatoms. The number of rotatable bonds is 6. The van der Waals surface area contributed by atoms with Crippen LogP contribution in [0.3, 0.4) is 0 Å². The van der Waals surface area contributed by atoms with Crippen LogP contribution in [0.2, 0.25) is 5.02 Å². The van der Waals surface area contributed by atoms with E-state index in [0.29, 0.717) is 0 Å². The predicted octanol–water partition coefficient (Wildman–Crippen LogP) is 2.81. The molecule has 1 N–H and O–H groups in total. The van der Waals surface area contributed by atoms with E-state index in [9.17, 15) is 0 Å². The lowest BCUT2D eigenvalue weighted by molar-refractivity contribution is 0.292. The summed E-state index contributed by atoms with van der Waals surface area (Å²) in [5, 5.41) is 8.59. The minimum absolute atomic E-state index is 0.233. The molecule has 0 spiro atoms. The van der Waals surface area contributed by atoms with Crippen molar-refractivity contribution >= 4 is 11.6 Å². The van der Waals surface area contributed by atoms with Crippen LogP contribution < -0.4 is 5.32 Å². The molecule has 0 amide bonds. The van der Waals surface area contributed by atoms with Crippen molar-refractivity contribution < 1.29 is 0 Å². The van der Waals surface area contributed by atoms with E-state index >= 15 is 0 Å². The molecule has 1 rings (SSSR count). The second kappa shape index (κ2) is 5.87. The topological polar surface area (TPSA) is 29.9 Å². The highest BCUT2D eigenvalue weighted by Gasteiger charge is 2.26. The van der Waals surface area contributed by atoms with Gasteiger partial charge in [-0.25, -0.2) is 0 Å². The van der Waals surface area contributed by atoms with Crippen molar-refractivity contribution in [3.8, 4) is 0 Å². The summed E-state index contributed by atoms with van der Waals surface area (Å²) in [7, 11) is 3.98. The summed E-state index contributed by atoms with van der Waals surface area (Å²) in [6, 6.07) is 0. The summed E-state index contributed by atoms with van der Waals surface area (Å²) >= 11 is 6.39. The molecule has 0 fully saturated rings. The highest BCUT2D eigenvalue weighted by atomic mass is 35.5. The maximum Gasteiger partial charge on any atom is 0.0849 e. The van der Waals surface area contributed by atoms with Crippen LogP contribution in [0.4, 0.5) is 0 Å². The van der Waals surface area contributed by atoms with Gasteiger partial charge in [-0.1, -0.05) is 32.4 Å². The summed E-state index contributed by atoms with van der Waals surface area (Å²) in [5.74, 6) is 0. The zero-order valence-corrected chi connectivity index (χ0v) is 12.4.